The number of nitrogens with zero attached hydrogens (tertiary/aromatic N) is 3. The van der Waals surface area contributed by atoms with Crippen LogP contribution in [0.2, 0.25) is 0 Å². The molecule has 11 heavy (non-hydrogen) atoms. The van der Waals surface area contributed by atoms with E-state index in [9.17, 15) is 0 Å². The number of pyridine rings is 1. The van der Waals surface area contributed by atoms with Crippen molar-refractivity contribution in [2.45, 2.75) is 0 Å². The normalized spacial score (nSPS) is 14.4. The first-order chi connectivity index (χ1) is 5.47. The van der Waals surface area contributed by atoms with Gasteiger partial charge in [-0.25, -0.2) is 0 Å². The van der Waals surface area contributed by atoms with Crippen molar-refractivity contribution in [3.63, 3.8) is 0 Å². The van der Waals surface area contributed by atoms with E-state index in [0.717, 1.165) is 11.4 Å². The smallest absolute Gasteiger partial charge is 0.254 e. The molecule has 0 aliphatic carbocycles. The van der Waals surface area contributed by atoms with Crippen LogP contribution >= 0.6 is 0 Å². The summed E-state index contributed by atoms with van der Waals surface area (Å²) in [6.07, 6.45) is 3.44. The molecule has 0 aromatic carbocycles. The van der Waals surface area contributed by atoms with Gasteiger partial charge in [0.1, 0.15) is 11.3 Å². The summed E-state index contributed by atoms with van der Waals surface area (Å²) in [5.74, 6) is 0. The summed E-state index contributed by atoms with van der Waals surface area (Å²) in [5, 5.41) is 7.40. The molecule has 0 unspecified atom stereocenters. The lowest BCUT2D eigenvalue weighted by atomic mass is 10.3. The summed E-state index contributed by atoms with van der Waals surface area (Å²) in [5.41, 5.74) is 4.23. The lowest BCUT2D eigenvalue weighted by molar-refractivity contribution is 0.808. The first-order valence-electron chi connectivity index (χ1n) is 3.25. The van der Waals surface area contributed by atoms with Crippen molar-refractivity contribution >= 4 is 5.70 Å². The summed E-state index contributed by atoms with van der Waals surface area (Å²) in [6.45, 7) is 0. The fraction of sp³-hybridized carbons (Fsp3) is 0. The molecule has 2 heterocycles. The summed E-state index contributed by atoms with van der Waals surface area (Å²) < 4.78 is 0. The monoisotopic (exact) mass is 146 g/mol. The molecule has 0 amide bonds. The van der Waals surface area contributed by atoms with Crippen molar-refractivity contribution < 1.29 is 0 Å². The molecule has 1 N–H and O–H groups in total. The van der Waals surface area contributed by atoms with Crippen molar-refractivity contribution in [2.75, 3.05) is 0 Å². The Morgan fingerprint density at radius 2 is 2.36 bits per heavy atom. The molecule has 1 aromatic heterocycles. The Balaban J connectivity index is 2.37. The Morgan fingerprint density at radius 3 is 3.00 bits per heavy atom. The van der Waals surface area contributed by atoms with Crippen LogP contribution in [0.5, 0.6) is 0 Å². The highest BCUT2D eigenvalue weighted by atomic mass is 15.4. The van der Waals surface area contributed by atoms with E-state index in [4.69, 9.17) is 0 Å². The first-order valence-corrected chi connectivity index (χ1v) is 3.25. The predicted molar refractivity (Wildman–Crippen MR) is 39.9 cm³/mol. The minimum Gasteiger partial charge on any atom is -0.254 e. The number of nitrogens with one attached hydrogen (secondary N) is 1. The second-order valence-corrected chi connectivity index (χ2v) is 2.07. The molecule has 1 radical (unpaired) electrons. The first kappa shape index (κ1) is 6.03. The molecule has 0 atom stereocenters. The van der Waals surface area contributed by atoms with E-state index in [0.29, 0.717) is 0 Å². The molecule has 0 saturated heterocycles. The van der Waals surface area contributed by atoms with Crippen LogP contribution < -0.4 is 10.6 Å². The molecule has 1 aliphatic heterocycles. The van der Waals surface area contributed by atoms with Gasteiger partial charge in [-0.1, -0.05) is 11.5 Å². The van der Waals surface area contributed by atoms with Crippen LogP contribution in [0.3, 0.4) is 0 Å². The van der Waals surface area contributed by atoms with Crippen LogP contribution in [0.25, 0.3) is 5.70 Å². The lowest BCUT2D eigenvalue weighted by Crippen LogP contribution is -1.98. The van der Waals surface area contributed by atoms with Crippen LogP contribution in [-0.4, -0.2) is 4.98 Å². The van der Waals surface area contributed by atoms with Gasteiger partial charge in [0.2, 0.25) is 0 Å². The van der Waals surface area contributed by atoms with Gasteiger partial charge in [0, 0.05) is 6.20 Å². The molecule has 0 fully saturated rings. The average Bonchev–Trinajstić information content (AvgIpc) is 2.58. The molecular formula is C7H6N4+. The summed E-state index contributed by atoms with van der Waals surface area (Å²) in [4.78, 5) is 4.10. The highest BCUT2D eigenvalue weighted by molar-refractivity contribution is 5.60. The maximum Gasteiger partial charge on any atom is 0.330 e. The Labute approximate surface area is 63.7 Å². The zero-order valence-corrected chi connectivity index (χ0v) is 5.73. The van der Waals surface area contributed by atoms with Gasteiger partial charge in [0.05, 0.1) is 5.69 Å². The third-order valence-corrected chi connectivity index (χ3v) is 1.34. The highest BCUT2D eigenvalue weighted by Crippen LogP contribution is 2.11. The number of rotatable bonds is 1. The number of hydrogen-bond acceptors (Lipinski definition) is 4. The number of aromatic nitrogens is 1. The van der Waals surface area contributed by atoms with Gasteiger partial charge in [0.25, 0.3) is 0 Å². The maximum atomic E-state index is 4.10. The lowest BCUT2D eigenvalue weighted by Gasteiger charge is -1.88. The van der Waals surface area contributed by atoms with Crippen molar-refractivity contribution in [1.29, 1.82) is 0 Å². The number of hydrogen-bond donors (Lipinski definition) is 1. The van der Waals surface area contributed by atoms with E-state index in [-0.39, 0.29) is 0 Å². The quantitative estimate of drug-likeness (QED) is 0.633. The van der Waals surface area contributed by atoms with Gasteiger partial charge < -0.3 is 0 Å². The fourth-order valence-corrected chi connectivity index (χ4v) is 0.841. The Hall–Kier alpha value is -1.71. The van der Waals surface area contributed by atoms with Gasteiger partial charge in [-0.3, -0.25) is 4.98 Å². The standard InChI is InChI=1S/C7H6N4/c1-2-4-8-6(3-1)7-5-9-11-10-7/h1-5H,(H,9,10)/q+1. The molecule has 0 spiro atoms. The van der Waals surface area contributed by atoms with E-state index in [1.54, 1.807) is 12.4 Å². The largest absolute Gasteiger partial charge is 0.330 e. The SMILES string of the molecule is C1=C(c2ccccn2)N=[N+]N1. The molecule has 4 heteroatoms. The summed E-state index contributed by atoms with van der Waals surface area (Å²) >= 11 is 0. The minimum atomic E-state index is 0.769. The van der Waals surface area contributed by atoms with Gasteiger partial charge in [-0.15, -0.1) is 0 Å². The Morgan fingerprint density at radius 1 is 1.36 bits per heavy atom. The molecule has 53 valence electrons. The minimum absolute atomic E-state index is 0.769. The van der Waals surface area contributed by atoms with Gasteiger partial charge in [-0.05, 0) is 12.1 Å². The van der Waals surface area contributed by atoms with Crippen molar-refractivity contribution in [3.8, 4) is 0 Å². The highest BCUT2D eigenvalue weighted by Gasteiger charge is 2.12. The molecule has 1 aliphatic rings. The van der Waals surface area contributed by atoms with E-state index in [1.807, 2.05) is 18.2 Å². The van der Waals surface area contributed by atoms with Crippen LogP contribution in [-0.2, 0) is 0 Å². The average molecular weight is 146 g/mol. The second kappa shape index (κ2) is 2.49. The Kier molecular flexibility index (Phi) is 1.37. The summed E-state index contributed by atoms with van der Waals surface area (Å²) in [6, 6.07) is 5.67. The fourth-order valence-electron chi connectivity index (χ4n) is 0.841. The maximum absolute atomic E-state index is 4.10. The second-order valence-electron chi connectivity index (χ2n) is 2.07. The third kappa shape index (κ3) is 1.10. The molecule has 0 saturated carbocycles. The topological polar surface area (TPSA) is 51.4 Å². The summed E-state index contributed by atoms with van der Waals surface area (Å²) in [7, 11) is 0. The van der Waals surface area contributed by atoms with E-state index in [1.165, 1.54) is 0 Å². The van der Waals surface area contributed by atoms with Crippen LogP contribution in [0.4, 0.5) is 0 Å². The zero-order chi connectivity index (χ0) is 7.52. The third-order valence-electron chi connectivity index (χ3n) is 1.34. The zero-order valence-electron chi connectivity index (χ0n) is 5.73. The molecule has 1 aromatic rings. The molecule has 2 rings (SSSR count). The Bertz CT molecular complexity index is 301. The molecular weight excluding hydrogens is 140 g/mol. The van der Waals surface area contributed by atoms with Crippen LogP contribution in [0.1, 0.15) is 5.69 Å². The molecule has 4 nitrogen and oxygen atoms in total. The van der Waals surface area contributed by atoms with Crippen LogP contribution in [0.15, 0.2) is 35.7 Å². The van der Waals surface area contributed by atoms with E-state index < -0.39 is 0 Å². The van der Waals surface area contributed by atoms with E-state index in [2.05, 4.69) is 20.7 Å². The van der Waals surface area contributed by atoms with Crippen LogP contribution in [0, 0.1) is 0 Å². The van der Waals surface area contributed by atoms with Crippen molar-refractivity contribution in [2.24, 2.45) is 5.11 Å². The van der Waals surface area contributed by atoms with Gasteiger partial charge >= 0.3 is 5.22 Å². The molecule has 0 bridgehead atoms. The van der Waals surface area contributed by atoms with Gasteiger partial charge in [0.15, 0.2) is 5.70 Å². The van der Waals surface area contributed by atoms with Crippen molar-refractivity contribution in [1.82, 2.24) is 15.6 Å². The predicted octanol–water partition coefficient (Wildman–Crippen LogP) is 0.686. The van der Waals surface area contributed by atoms with Gasteiger partial charge in [-0.2, -0.15) is 0 Å². The van der Waals surface area contributed by atoms with Crippen molar-refractivity contribution in [3.05, 3.63) is 36.3 Å². The van der Waals surface area contributed by atoms with E-state index >= 15 is 0 Å².